The highest BCUT2D eigenvalue weighted by Crippen LogP contribution is 2.39. The highest BCUT2D eigenvalue weighted by Gasteiger charge is 2.37. The maximum Gasteiger partial charge on any atom is 0.383 e. The minimum absolute atomic E-state index is 0.0377. The van der Waals surface area contributed by atoms with E-state index in [4.69, 9.17) is 4.74 Å². The minimum Gasteiger partial charge on any atom is -0.313 e. The molecule has 0 spiro atoms. The van der Waals surface area contributed by atoms with Crippen LogP contribution in [0.3, 0.4) is 0 Å². The number of hydrogen-bond donors (Lipinski definition) is 0. The molecule has 0 bridgehead atoms. The quantitative estimate of drug-likeness (QED) is 0.128. The summed E-state index contributed by atoms with van der Waals surface area (Å²) in [6.07, 6.45) is 11.2. The Morgan fingerprint density at radius 3 is 1.89 bits per heavy atom. The SMILES string of the molecule is CCCCCc1ccc(C(F)(F)OC2CCC(/C=C/C3CCC(c4cc(F)c(F)c(F)c4)CC3)CC2)cc1. The number of allylic oxidation sites excluding steroid dienone is 2. The molecule has 6 heteroatoms. The van der Waals surface area contributed by atoms with E-state index in [0.29, 0.717) is 30.2 Å². The second kappa shape index (κ2) is 13.2. The van der Waals surface area contributed by atoms with Gasteiger partial charge in [0.2, 0.25) is 0 Å². The molecule has 2 fully saturated rings. The Balaban J connectivity index is 1.20. The number of benzene rings is 2. The Bertz CT molecular complexity index is 1030. The van der Waals surface area contributed by atoms with Crippen molar-refractivity contribution in [2.45, 2.75) is 102 Å². The van der Waals surface area contributed by atoms with Crippen molar-refractivity contribution in [3.8, 4) is 0 Å². The molecule has 0 N–H and O–H groups in total. The Morgan fingerprint density at radius 1 is 0.789 bits per heavy atom. The van der Waals surface area contributed by atoms with E-state index < -0.39 is 29.7 Å². The lowest BCUT2D eigenvalue weighted by atomic mass is 9.78. The summed E-state index contributed by atoms with van der Waals surface area (Å²) < 4.78 is 75.3. The van der Waals surface area contributed by atoms with Gasteiger partial charge in [0.25, 0.3) is 0 Å². The maximum absolute atomic E-state index is 14.8. The third-order valence-electron chi connectivity index (χ3n) is 8.30. The molecule has 0 unspecified atom stereocenters. The van der Waals surface area contributed by atoms with Crippen molar-refractivity contribution in [2.24, 2.45) is 11.8 Å². The molecular formula is C32H39F5O. The smallest absolute Gasteiger partial charge is 0.313 e. The summed E-state index contributed by atoms with van der Waals surface area (Å²) in [5.41, 5.74) is 1.53. The highest BCUT2D eigenvalue weighted by molar-refractivity contribution is 5.25. The van der Waals surface area contributed by atoms with Crippen LogP contribution in [0.2, 0.25) is 0 Å². The fourth-order valence-corrected chi connectivity index (χ4v) is 5.89. The van der Waals surface area contributed by atoms with Crippen LogP contribution in [-0.4, -0.2) is 6.10 Å². The monoisotopic (exact) mass is 534 g/mol. The molecule has 0 radical (unpaired) electrons. The van der Waals surface area contributed by atoms with E-state index >= 15 is 0 Å². The van der Waals surface area contributed by atoms with Crippen molar-refractivity contribution < 1.29 is 26.7 Å². The normalized spacial score (nSPS) is 24.7. The summed E-state index contributed by atoms with van der Waals surface area (Å²) in [7, 11) is 0. The molecule has 2 aromatic rings. The summed E-state index contributed by atoms with van der Waals surface area (Å²) in [5.74, 6) is -2.89. The first kappa shape index (κ1) is 28.8. The first-order valence-electron chi connectivity index (χ1n) is 14.2. The lowest BCUT2D eigenvalue weighted by molar-refractivity contribution is -0.277. The molecule has 4 rings (SSSR count). The zero-order valence-corrected chi connectivity index (χ0v) is 22.2. The fourth-order valence-electron chi connectivity index (χ4n) is 5.89. The van der Waals surface area contributed by atoms with Crippen molar-refractivity contribution in [1.82, 2.24) is 0 Å². The van der Waals surface area contributed by atoms with Gasteiger partial charge in [0.05, 0.1) is 11.7 Å². The zero-order valence-electron chi connectivity index (χ0n) is 22.2. The molecule has 2 saturated carbocycles. The Hall–Kier alpha value is -2.21. The second-order valence-electron chi connectivity index (χ2n) is 11.1. The van der Waals surface area contributed by atoms with Crippen LogP contribution in [0.1, 0.15) is 100 Å². The van der Waals surface area contributed by atoms with Gasteiger partial charge in [-0.15, -0.1) is 0 Å². The maximum atomic E-state index is 14.8. The van der Waals surface area contributed by atoms with Gasteiger partial charge in [0.1, 0.15) is 0 Å². The molecule has 208 valence electrons. The fraction of sp³-hybridized carbons (Fsp3) is 0.562. The Labute approximate surface area is 223 Å². The lowest BCUT2D eigenvalue weighted by Crippen LogP contribution is -2.29. The van der Waals surface area contributed by atoms with E-state index in [1.165, 1.54) is 12.1 Å². The number of ether oxygens (including phenoxy) is 1. The molecular weight excluding hydrogens is 495 g/mol. The van der Waals surface area contributed by atoms with Gasteiger partial charge in [-0.05, 0) is 105 Å². The van der Waals surface area contributed by atoms with E-state index in [9.17, 15) is 22.0 Å². The molecule has 1 nitrogen and oxygen atoms in total. The van der Waals surface area contributed by atoms with Gasteiger partial charge in [-0.1, -0.05) is 56.2 Å². The zero-order chi connectivity index (χ0) is 27.1. The van der Waals surface area contributed by atoms with E-state index in [2.05, 4.69) is 19.1 Å². The van der Waals surface area contributed by atoms with E-state index in [0.717, 1.165) is 81.9 Å². The predicted molar refractivity (Wildman–Crippen MR) is 141 cm³/mol. The van der Waals surface area contributed by atoms with Crippen molar-refractivity contribution in [3.63, 3.8) is 0 Å². The molecule has 0 amide bonds. The lowest BCUT2D eigenvalue weighted by Gasteiger charge is -2.31. The van der Waals surface area contributed by atoms with E-state index in [-0.39, 0.29) is 11.5 Å². The van der Waals surface area contributed by atoms with Crippen molar-refractivity contribution in [2.75, 3.05) is 0 Å². The van der Waals surface area contributed by atoms with Crippen LogP contribution in [0, 0.1) is 29.3 Å². The third-order valence-corrected chi connectivity index (χ3v) is 8.30. The van der Waals surface area contributed by atoms with Gasteiger partial charge < -0.3 is 4.74 Å². The second-order valence-corrected chi connectivity index (χ2v) is 11.1. The van der Waals surface area contributed by atoms with E-state index in [1.807, 2.05) is 0 Å². The Kier molecular flexibility index (Phi) is 10.0. The summed E-state index contributed by atoms with van der Waals surface area (Å²) >= 11 is 0. The van der Waals surface area contributed by atoms with Gasteiger partial charge in [0.15, 0.2) is 17.5 Å². The van der Waals surface area contributed by atoms with Gasteiger partial charge in [-0.2, -0.15) is 8.78 Å². The van der Waals surface area contributed by atoms with E-state index in [1.54, 1.807) is 12.1 Å². The number of unbranched alkanes of at least 4 members (excludes halogenated alkanes) is 2. The molecule has 0 atom stereocenters. The van der Waals surface area contributed by atoms with Crippen molar-refractivity contribution >= 4 is 0 Å². The predicted octanol–water partition coefficient (Wildman–Crippen LogP) is 9.99. The largest absolute Gasteiger partial charge is 0.383 e. The van der Waals surface area contributed by atoms with Crippen LogP contribution in [0.15, 0.2) is 48.6 Å². The average molecular weight is 535 g/mol. The molecule has 2 aliphatic rings. The van der Waals surface area contributed by atoms with Crippen molar-refractivity contribution in [3.05, 3.63) is 82.7 Å². The average Bonchev–Trinajstić information content (AvgIpc) is 2.91. The first-order chi connectivity index (χ1) is 18.2. The third kappa shape index (κ3) is 7.68. The number of aryl methyl sites for hydroxylation is 1. The number of hydrogen-bond acceptors (Lipinski definition) is 1. The van der Waals surface area contributed by atoms with Crippen LogP contribution in [0.25, 0.3) is 0 Å². The number of halogens is 5. The molecule has 0 aliphatic heterocycles. The molecule has 2 aliphatic carbocycles. The van der Waals surface area contributed by atoms with Crippen LogP contribution in [0.4, 0.5) is 22.0 Å². The van der Waals surface area contributed by atoms with Crippen LogP contribution in [-0.2, 0) is 17.3 Å². The van der Waals surface area contributed by atoms with Crippen LogP contribution >= 0.6 is 0 Å². The van der Waals surface area contributed by atoms with Crippen molar-refractivity contribution in [1.29, 1.82) is 0 Å². The molecule has 38 heavy (non-hydrogen) atoms. The highest BCUT2D eigenvalue weighted by atomic mass is 19.3. The standard InChI is InChI=1S/C32H39F5O/c1-2-3-4-5-22-10-16-27(17-11-22)32(36,37)38-28-18-12-24(13-19-28)7-6-23-8-14-25(15-9-23)26-20-29(33)31(35)30(34)21-26/h6-7,10-11,16-17,20-21,23-25,28H,2-5,8-9,12-15,18-19H2,1H3/b7-6+. The summed E-state index contributed by atoms with van der Waals surface area (Å²) in [5, 5.41) is 0. The van der Waals surface area contributed by atoms with Gasteiger partial charge in [-0.3, -0.25) is 0 Å². The minimum atomic E-state index is -3.29. The first-order valence-corrected chi connectivity index (χ1v) is 14.2. The number of rotatable bonds is 10. The number of alkyl halides is 2. The van der Waals surface area contributed by atoms with Gasteiger partial charge >= 0.3 is 6.11 Å². The summed E-state index contributed by atoms with van der Waals surface area (Å²) in [4.78, 5) is 0. The summed E-state index contributed by atoms with van der Waals surface area (Å²) in [6, 6.07) is 8.79. The molecule has 0 aromatic heterocycles. The van der Waals surface area contributed by atoms with Gasteiger partial charge in [-0.25, -0.2) is 13.2 Å². The molecule has 0 heterocycles. The van der Waals surface area contributed by atoms with Gasteiger partial charge in [0, 0.05) is 0 Å². The Morgan fingerprint density at radius 2 is 1.34 bits per heavy atom. The molecule has 0 saturated heterocycles. The summed E-state index contributed by atoms with van der Waals surface area (Å²) in [6.45, 7) is 2.14. The molecule has 2 aromatic carbocycles. The van der Waals surface area contributed by atoms with Crippen LogP contribution < -0.4 is 0 Å². The topological polar surface area (TPSA) is 9.23 Å². The van der Waals surface area contributed by atoms with Crippen LogP contribution in [0.5, 0.6) is 0 Å².